The number of rotatable bonds is 4. The highest BCUT2D eigenvalue weighted by atomic mass is 35.5. The molecule has 4 N–H and O–H groups in total. The molecule has 1 heterocycles. The number of alkyl halides is 3. The molecule has 1 atom stereocenters. The number of piperazine rings is 1. The van der Waals surface area contributed by atoms with Gasteiger partial charge < -0.3 is 20.6 Å². The molecule has 0 radical (unpaired) electrons. The maximum Gasteiger partial charge on any atom is 0.389 e. The number of nitrogens with one attached hydrogen (secondary N) is 1. The Morgan fingerprint density at radius 1 is 1.09 bits per heavy atom. The van der Waals surface area contributed by atoms with Crippen molar-refractivity contribution in [3.05, 3.63) is 17.7 Å². The number of halogens is 4. The van der Waals surface area contributed by atoms with Gasteiger partial charge in [0.15, 0.2) is 11.5 Å². The van der Waals surface area contributed by atoms with Crippen LogP contribution < -0.4 is 5.32 Å². The van der Waals surface area contributed by atoms with Gasteiger partial charge in [0.25, 0.3) is 0 Å². The predicted octanol–water partition coefficient (Wildman–Crippen LogP) is 2.51. The van der Waals surface area contributed by atoms with Crippen molar-refractivity contribution in [3.63, 3.8) is 0 Å². The minimum absolute atomic E-state index is 0. The zero-order valence-corrected chi connectivity index (χ0v) is 13.1. The summed E-state index contributed by atoms with van der Waals surface area (Å²) in [6.45, 7) is 2.38. The molecule has 0 spiro atoms. The molecule has 23 heavy (non-hydrogen) atoms. The van der Waals surface area contributed by atoms with Gasteiger partial charge in [0.05, 0.1) is 0 Å². The third kappa shape index (κ3) is 5.05. The molecule has 9 heteroatoms. The van der Waals surface area contributed by atoms with Crippen molar-refractivity contribution >= 4 is 12.4 Å². The van der Waals surface area contributed by atoms with Crippen molar-refractivity contribution in [2.75, 3.05) is 26.2 Å². The normalized spacial score (nSPS) is 17.5. The van der Waals surface area contributed by atoms with Gasteiger partial charge in [0.2, 0.25) is 5.75 Å². The topological polar surface area (TPSA) is 76.0 Å². The molecule has 1 saturated heterocycles. The fourth-order valence-electron chi connectivity index (χ4n) is 2.68. The first kappa shape index (κ1) is 19.7. The Bertz CT molecular complexity index is 523. The van der Waals surface area contributed by atoms with Crippen LogP contribution in [0, 0.1) is 0 Å². The van der Waals surface area contributed by atoms with Gasteiger partial charge in [-0.15, -0.1) is 12.4 Å². The summed E-state index contributed by atoms with van der Waals surface area (Å²) in [5, 5.41) is 32.1. The summed E-state index contributed by atoms with van der Waals surface area (Å²) < 4.78 is 37.7. The number of phenolic OH excluding ortho intramolecular Hbond substituents is 3. The molecule has 0 bridgehead atoms. The Labute approximate surface area is 138 Å². The number of aromatic hydroxyl groups is 3. The van der Waals surface area contributed by atoms with Crippen LogP contribution in [0.5, 0.6) is 17.2 Å². The highest BCUT2D eigenvalue weighted by Gasteiger charge is 2.33. The van der Waals surface area contributed by atoms with Crippen LogP contribution >= 0.6 is 12.4 Å². The summed E-state index contributed by atoms with van der Waals surface area (Å²) in [4.78, 5) is 1.84. The number of phenols is 3. The van der Waals surface area contributed by atoms with E-state index in [-0.39, 0.29) is 24.4 Å². The minimum Gasteiger partial charge on any atom is -0.504 e. The van der Waals surface area contributed by atoms with E-state index in [2.05, 4.69) is 5.32 Å². The molecule has 0 unspecified atom stereocenters. The monoisotopic (exact) mass is 356 g/mol. The zero-order chi connectivity index (χ0) is 16.3. The molecular formula is C14H20ClF3N2O3. The number of benzene rings is 1. The van der Waals surface area contributed by atoms with Gasteiger partial charge in [0, 0.05) is 44.2 Å². The number of hydrogen-bond donors (Lipinski definition) is 4. The van der Waals surface area contributed by atoms with Crippen molar-refractivity contribution in [1.82, 2.24) is 10.2 Å². The number of nitrogens with zero attached hydrogens (tertiary/aromatic N) is 1. The smallest absolute Gasteiger partial charge is 0.389 e. The highest BCUT2D eigenvalue weighted by Crippen LogP contribution is 2.43. The molecule has 0 saturated carbocycles. The van der Waals surface area contributed by atoms with E-state index in [4.69, 9.17) is 0 Å². The second-order valence-corrected chi connectivity index (χ2v) is 5.33. The summed E-state index contributed by atoms with van der Waals surface area (Å²) in [7, 11) is 0. The van der Waals surface area contributed by atoms with E-state index >= 15 is 0 Å². The van der Waals surface area contributed by atoms with Gasteiger partial charge in [-0.25, -0.2) is 0 Å². The van der Waals surface area contributed by atoms with Gasteiger partial charge in [-0.1, -0.05) is 0 Å². The van der Waals surface area contributed by atoms with Crippen LogP contribution in [0.15, 0.2) is 12.1 Å². The molecule has 5 nitrogen and oxygen atoms in total. The summed E-state index contributed by atoms with van der Waals surface area (Å²) in [5.74, 6) is -1.77. The first-order valence-electron chi connectivity index (χ1n) is 7.05. The van der Waals surface area contributed by atoms with Crippen LogP contribution in [-0.4, -0.2) is 52.6 Å². The fraction of sp³-hybridized carbons (Fsp3) is 0.571. The van der Waals surface area contributed by atoms with E-state index in [9.17, 15) is 28.5 Å². The lowest BCUT2D eigenvalue weighted by Crippen LogP contribution is -2.45. The van der Waals surface area contributed by atoms with Crippen molar-refractivity contribution in [2.45, 2.75) is 25.1 Å². The second-order valence-electron chi connectivity index (χ2n) is 5.33. The lowest BCUT2D eigenvalue weighted by molar-refractivity contribution is -0.138. The Hall–Kier alpha value is -1.38. The standard InChI is InChI=1S/C14H19F3N2O3.ClH/c15-14(16,17)4-3-10(19-7-5-18-6-8-19)9-1-2-11(20)13(22)12(9)21;/h1-2,10,18,20-22H,3-8H2;1H/t10-;/m1./s1. The molecule has 132 valence electrons. The SMILES string of the molecule is Cl.Oc1ccc([C@@H](CCC(F)(F)F)N2CCNCC2)c(O)c1O. The van der Waals surface area contributed by atoms with Crippen LogP contribution in [0.2, 0.25) is 0 Å². The molecule has 1 aromatic rings. The molecule has 1 aliphatic heterocycles. The molecule has 1 fully saturated rings. The predicted molar refractivity (Wildman–Crippen MR) is 81.2 cm³/mol. The van der Waals surface area contributed by atoms with E-state index in [1.807, 2.05) is 4.90 Å². The van der Waals surface area contributed by atoms with Gasteiger partial charge >= 0.3 is 6.18 Å². The summed E-state index contributed by atoms with van der Waals surface area (Å²) in [6.07, 6.45) is -5.50. The summed E-state index contributed by atoms with van der Waals surface area (Å²) in [6, 6.07) is 1.86. The van der Waals surface area contributed by atoms with Crippen molar-refractivity contribution in [2.24, 2.45) is 0 Å². The van der Waals surface area contributed by atoms with Gasteiger partial charge in [0.1, 0.15) is 0 Å². The third-order valence-electron chi connectivity index (χ3n) is 3.81. The maximum absolute atomic E-state index is 12.6. The van der Waals surface area contributed by atoms with Crippen LogP contribution in [0.3, 0.4) is 0 Å². The van der Waals surface area contributed by atoms with Crippen molar-refractivity contribution in [3.8, 4) is 17.2 Å². The summed E-state index contributed by atoms with van der Waals surface area (Å²) in [5.41, 5.74) is 0.196. The van der Waals surface area contributed by atoms with Crippen LogP contribution in [-0.2, 0) is 0 Å². The molecule has 1 aromatic carbocycles. The van der Waals surface area contributed by atoms with E-state index in [0.717, 1.165) is 0 Å². The van der Waals surface area contributed by atoms with E-state index in [1.165, 1.54) is 12.1 Å². The molecule has 2 rings (SSSR count). The fourth-order valence-corrected chi connectivity index (χ4v) is 2.68. The van der Waals surface area contributed by atoms with E-state index < -0.39 is 35.9 Å². The Morgan fingerprint density at radius 3 is 2.26 bits per heavy atom. The van der Waals surface area contributed by atoms with Crippen LogP contribution in [0.1, 0.15) is 24.4 Å². The maximum atomic E-state index is 12.6. The van der Waals surface area contributed by atoms with Gasteiger partial charge in [-0.05, 0) is 18.6 Å². The van der Waals surface area contributed by atoms with E-state index in [0.29, 0.717) is 26.2 Å². The van der Waals surface area contributed by atoms with Crippen LogP contribution in [0.25, 0.3) is 0 Å². The molecule has 0 amide bonds. The zero-order valence-electron chi connectivity index (χ0n) is 12.3. The largest absolute Gasteiger partial charge is 0.504 e. The van der Waals surface area contributed by atoms with Gasteiger partial charge in [-0.2, -0.15) is 13.2 Å². The number of hydrogen-bond acceptors (Lipinski definition) is 5. The lowest BCUT2D eigenvalue weighted by atomic mass is 9.97. The first-order chi connectivity index (χ1) is 10.3. The third-order valence-corrected chi connectivity index (χ3v) is 3.81. The molecule has 1 aliphatic rings. The molecule has 0 aromatic heterocycles. The van der Waals surface area contributed by atoms with E-state index in [1.54, 1.807) is 0 Å². The molecule has 0 aliphatic carbocycles. The Kier molecular flexibility index (Phi) is 6.79. The second kappa shape index (κ2) is 7.94. The summed E-state index contributed by atoms with van der Waals surface area (Å²) >= 11 is 0. The Balaban J connectivity index is 0.00000264. The average molecular weight is 357 g/mol. The lowest BCUT2D eigenvalue weighted by Gasteiger charge is -2.35. The minimum atomic E-state index is -4.29. The average Bonchev–Trinajstić information content (AvgIpc) is 2.47. The van der Waals surface area contributed by atoms with Crippen molar-refractivity contribution in [1.29, 1.82) is 0 Å². The van der Waals surface area contributed by atoms with Gasteiger partial charge in [-0.3, -0.25) is 4.90 Å². The Morgan fingerprint density at radius 2 is 1.70 bits per heavy atom. The van der Waals surface area contributed by atoms with Crippen molar-refractivity contribution < 1.29 is 28.5 Å². The first-order valence-corrected chi connectivity index (χ1v) is 7.05. The highest BCUT2D eigenvalue weighted by molar-refractivity contribution is 5.85. The molecular weight excluding hydrogens is 337 g/mol. The quantitative estimate of drug-likeness (QED) is 0.624. The van der Waals surface area contributed by atoms with Crippen LogP contribution in [0.4, 0.5) is 13.2 Å².